The molecule has 0 spiro atoms. The van der Waals surface area contributed by atoms with E-state index >= 15 is 0 Å². The van der Waals surface area contributed by atoms with Crippen LogP contribution < -0.4 is 0 Å². The number of aryl methyl sites for hydroxylation is 1. The fraction of sp³-hybridized carbons (Fsp3) is 0.115. The summed E-state index contributed by atoms with van der Waals surface area (Å²) in [5.74, 6) is -2.84. The molecule has 184 valence electrons. The third-order valence-electron chi connectivity index (χ3n) is 5.44. The summed E-state index contributed by atoms with van der Waals surface area (Å²) in [5.41, 5.74) is 3.57. The molecule has 3 heterocycles. The van der Waals surface area contributed by atoms with Crippen LogP contribution in [-0.4, -0.2) is 15.0 Å². The van der Waals surface area contributed by atoms with Crippen molar-refractivity contribution in [2.45, 2.75) is 20.8 Å². The van der Waals surface area contributed by atoms with Gasteiger partial charge in [-0.25, -0.2) is 27.5 Å². The molecule has 0 aliphatic rings. The van der Waals surface area contributed by atoms with E-state index in [1.807, 2.05) is 19.1 Å². The number of benzene rings is 2. The molecule has 0 radical (unpaired) electrons. The average molecular weight is 553 g/mol. The Bertz CT molecular complexity index is 1660. The van der Waals surface area contributed by atoms with Crippen molar-refractivity contribution >= 4 is 56.6 Å². The third-order valence-corrected chi connectivity index (χ3v) is 6.75. The van der Waals surface area contributed by atoms with Gasteiger partial charge in [-0.2, -0.15) is 0 Å². The standard InChI is InChI=1S/C16H11ClF2N2.C10H5Cl2F2N/c1-8-3-4-20-13(5-8)16-9(2)15(17)14-11(19)6-10(18)7-12(14)21-16;1-4-9(11)8-6(14)2-5(13)3-7(8)15-10(4)12/h3-7H,1-2H3;2-3H,1H3. The van der Waals surface area contributed by atoms with Crippen molar-refractivity contribution in [2.75, 3.05) is 0 Å². The number of rotatable bonds is 1. The van der Waals surface area contributed by atoms with Crippen LogP contribution in [-0.2, 0) is 0 Å². The molecule has 0 atom stereocenters. The van der Waals surface area contributed by atoms with E-state index in [9.17, 15) is 17.6 Å². The summed E-state index contributed by atoms with van der Waals surface area (Å²) in [6.45, 7) is 5.30. The highest BCUT2D eigenvalue weighted by molar-refractivity contribution is 6.39. The van der Waals surface area contributed by atoms with E-state index in [0.717, 1.165) is 23.8 Å². The van der Waals surface area contributed by atoms with Crippen LogP contribution in [0.5, 0.6) is 0 Å². The average Bonchev–Trinajstić information content (AvgIpc) is 2.79. The minimum atomic E-state index is -0.734. The van der Waals surface area contributed by atoms with Crippen molar-refractivity contribution in [1.29, 1.82) is 0 Å². The Labute approximate surface area is 218 Å². The van der Waals surface area contributed by atoms with E-state index < -0.39 is 23.3 Å². The van der Waals surface area contributed by atoms with Gasteiger partial charge in [-0.05, 0) is 44.0 Å². The molecule has 0 saturated carbocycles. The van der Waals surface area contributed by atoms with E-state index in [1.54, 1.807) is 20.0 Å². The summed E-state index contributed by atoms with van der Waals surface area (Å²) < 4.78 is 53.6. The summed E-state index contributed by atoms with van der Waals surface area (Å²) in [6.07, 6.45) is 1.66. The van der Waals surface area contributed by atoms with Crippen molar-refractivity contribution in [3.8, 4) is 11.4 Å². The van der Waals surface area contributed by atoms with Gasteiger partial charge in [0.1, 0.15) is 28.4 Å². The first-order valence-electron chi connectivity index (χ1n) is 10.5. The molecule has 5 aromatic rings. The summed E-state index contributed by atoms with van der Waals surface area (Å²) in [4.78, 5) is 12.5. The molecule has 0 saturated heterocycles. The predicted molar refractivity (Wildman–Crippen MR) is 136 cm³/mol. The summed E-state index contributed by atoms with van der Waals surface area (Å²) in [6, 6.07) is 7.55. The smallest absolute Gasteiger partial charge is 0.137 e. The van der Waals surface area contributed by atoms with Crippen molar-refractivity contribution < 1.29 is 17.6 Å². The number of halogens is 7. The van der Waals surface area contributed by atoms with E-state index in [0.29, 0.717) is 22.5 Å². The molecule has 2 aromatic carbocycles. The van der Waals surface area contributed by atoms with Gasteiger partial charge in [0.05, 0.1) is 43.2 Å². The highest BCUT2D eigenvalue weighted by Gasteiger charge is 2.17. The van der Waals surface area contributed by atoms with Crippen LogP contribution in [0.3, 0.4) is 0 Å². The molecule has 3 aromatic heterocycles. The first-order chi connectivity index (χ1) is 17.0. The van der Waals surface area contributed by atoms with E-state index in [4.69, 9.17) is 34.8 Å². The Morgan fingerprint density at radius 3 is 1.75 bits per heavy atom. The molecule has 0 unspecified atom stereocenters. The van der Waals surface area contributed by atoms with Crippen LogP contribution in [0.4, 0.5) is 17.6 Å². The molecular weight excluding hydrogens is 537 g/mol. The monoisotopic (exact) mass is 551 g/mol. The fourth-order valence-corrected chi connectivity index (χ4v) is 4.40. The van der Waals surface area contributed by atoms with Gasteiger partial charge in [0.15, 0.2) is 0 Å². The lowest BCUT2D eigenvalue weighted by Gasteiger charge is -2.11. The molecule has 0 bridgehead atoms. The second-order valence-corrected chi connectivity index (χ2v) is 9.14. The van der Waals surface area contributed by atoms with Gasteiger partial charge in [0, 0.05) is 36.0 Å². The summed E-state index contributed by atoms with van der Waals surface area (Å²) >= 11 is 17.9. The SMILES string of the molecule is Cc1c(Cl)nc2cc(F)cc(F)c2c1Cl.Cc1ccnc(-c2nc3cc(F)cc(F)c3c(Cl)c2C)c1. The lowest BCUT2D eigenvalue weighted by molar-refractivity contribution is 0.590. The van der Waals surface area contributed by atoms with Crippen molar-refractivity contribution in [1.82, 2.24) is 15.0 Å². The normalized spacial score (nSPS) is 11.1. The number of aromatic nitrogens is 3. The van der Waals surface area contributed by atoms with Gasteiger partial charge in [-0.1, -0.05) is 34.8 Å². The van der Waals surface area contributed by atoms with E-state index in [-0.39, 0.29) is 37.0 Å². The first kappa shape index (κ1) is 26.1. The Balaban J connectivity index is 0.000000179. The minimum Gasteiger partial charge on any atom is -0.255 e. The topological polar surface area (TPSA) is 38.7 Å². The second-order valence-electron chi connectivity index (χ2n) is 8.02. The Morgan fingerprint density at radius 2 is 1.19 bits per heavy atom. The minimum absolute atomic E-state index is 0.0972. The zero-order chi connectivity index (χ0) is 26.3. The Kier molecular flexibility index (Phi) is 7.36. The molecule has 10 heteroatoms. The van der Waals surface area contributed by atoms with Crippen molar-refractivity contribution in [3.05, 3.63) is 97.8 Å². The number of fused-ring (bicyclic) bond motifs is 2. The maximum absolute atomic E-state index is 13.9. The van der Waals surface area contributed by atoms with Crippen LogP contribution in [0.25, 0.3) is 33.2 Å². The largest absolute Gasteiger partial charge is 0.255 e. The predicted octanol–water partition coefficient (Wildman–Crippen LogP) is 8.97. The van der Waals surface area contributed by atoms with Gasteiger partial charge in [0.25, 0.3) is 0 Å². The first-order valence-corrected chi connectivity index (χ1v) is 11.6. The molecule has 3 nitrogen and oxygen atoms in total. The third kappa shape index (κ3) is 4.96. The van der Waals surface area contributed by atoms with E-state index in [2.05, 4.69) is 15.0 Å². The molecule has 0 amide bonds. The van der Waals surface area contributed by atoms with Crippen molar-refractivity contribution in [2.24, 2.45) is 0 Å². The number of hydrogen-bond donors (Lipinski definition) is 0. The van der Waals surface area contributed by atoms with Gasteiger partial charge in [-0.3, -0.25) is 4.98 Å². The van der Waals surface area contributed by atoms with Crippen LogP contribution >= 0.6 is 34.8 Å². The van der Waals surface area contributed by atoms with Crippen LogP contribution in [0.2, 0.25) is 15.2 Å². The van der Waals surface area contributed by atoms with Gasteiger partial charge < -0.3 is 0 Å². The zero-order valence-corrected chi connectivity index (χ0v) is 21.3. The Morgan fingerprint density at radius 1 is 0.667 bits per heavy atom. The summed E-state index contributed by atoms with van der Waals surface area (Å²) in [5, 5.41) is 0.780. The van der Waals surface area contributed by atoms with Crippen molar-refractivity contribution in [3.63, 3.8) is 0 Å². The molecule has 36 heavy (non-hydrogen) atoms. The highest BCUT2D eigenvalue weighted by atomic mass is 35.5. The lowest BCUT2D eigenvalue weighted by atomic mass is 10.1. The molecule has 0 aliphatic heterocycles. The summed E-state index contributed by atoms with van der Waals surface area (Å²) in [7, 11) is 0. The van der Waals surface area contributed by atoms with Crippen LogP contribution in [0, 0.1) is 44.0 Å². The highest BCUT2D eigenvalue weighted by Crippen LogP contribution is 2.34. The van der Waals surface area contributed by atoms with Gasteiger partial charge in [-0.15, -0.1) is 0 Å². The second kappa shape index (κ2) is 10.2. The van der Waals surface area contributed by atoms with Crippen LogP contribution in [0.1, 0.15) is 16.7 Å². The van der Waals surface area contributed by atoms with Crippen LogP contribution in [0.15, 0.2) is 42.6 Å². The zero-order valence-electron chi connectivity index (χ0n) is 19.0. The Hall–Kier alpha value is -3.00. The molecule has 0 fully saturated rings. The maximum atomic E-state index is 13.9. The molecule has 0 aliphatic carbocycles. The van der Waals surface area contributed by atoms with Gasteiger partial charge >= 0.3 is 0 Å². The maximum Gasteiger partial charge on any atom is 0.137 e. The number of hydrogen-bond acceptors (Lipinski definition) is 3. The number of nitrogens with zero attached hydrogens (tertiary/aromatic N) is 3. The lowest BCUT2D eigenvalue weighted by Crippen LogP contribution is -1.97. The fourth-order valence-electron chi connectivity index (χ4n) is 3.61. The molecular formula is C26H16Cl3F4N3. The molecule has 0 N–H and O–H groups in total. The molecule has 5 rings (SSSR count). The quantitative estimate of drug-likeness (QED) is 0.154. The van der Waals surface area contributed by atoms with E-state index in [1.165, 1.54) is 6.07 Å². The van der Waals surface area contributed by atoms with Gasteiger partial charge in [0.2, 0.25) is 0 Å². The number of pyridine rings is 3.